The first-order valence-corrected chi connectivity index (χ1v) is 7.85. The van der Waals surface area contributed by atoms with Crippen LogP contribution in [0.5, 0.6) is 11.5 Å². The third-order valence-electron chi connectivity index (χ3n) is 3.58. The van der Waals surface area contributed by atoms with Crippen LogP contribution in [0, 0.1) is 5.82 Å². The number of amides is 1. The molecule has 0 saturated heterocycles. The number of nitrogens with zero attached hydrogens (tertiary/aromatic N) is 1. The highest BCUT2D eigenvalue weighted by atomic mass is 35.5. The number of methoxy groups -OCH3 is 2. The number of benzene rings is 2. The summed E-state index contributed by atoms with van der Waals surface area (Å²) >= 11 is 6.08. The maximum atomic E-state index is 13.3. The van der Waals surface area contributed by atoms with E-state index in [-0.39, 0.29) is 5.76 Å². The third-order valence-corrected chi connectivity index (χ3v) is 3.87. The molecule has 3 rings (SSSR count). The van der Waals surface area contributed by atoms with E-state index < -0.39 is 11.7 Å². The average Bonchev–Trinajstić information content (AvgIpc) is 3.12. The normalized spacial score (nSPS) is 10.5. The van der Waals surface area contributed by atoms with Crippen LogP contribution in [0.3, 0.4) is 0 Å². The lowest BCUT2D eigenvalue weighted by Crippen LogP contribution is -2.12. The molecule has 26 heavy (non-hydrogen) atoms. The molecule has 134 valence electrons. The maximum absolute atomic E-state index is 13.3. The highest BCUT2D eigenvalue weighted by molar-refractivity contribution is 6.32. The molecule has 1 N–H and O–H groups in total. The van der Waals surface area contributed by atoms with Gasteiger partial charge in [-0.3, -0.25) is 4.79 Å². The van der Waals surface area contributed by atoms with Crippen molar-refractivity contribution in [2.24, 2.45) is 0 Å². The Morgan fingerprint density at radius 3 is 2.62 bits per heavy atom. The highest BCUT2D eigenvalue weighted by Crippen LogP contribution is 2.36. The first-order chi connectivity index (χ1) is 12.5. The molecule has 1 amide bonds. The monoisotopic (exact) mass is 376 g/mol. The second kappa shape index (κ2) is 7.45. The van der Waals surface area contributed by atoms with Crippen LogP contribution >= 0.6 is 11.6 Å². The van der Waals surface area contributed by atoms with E-state index in [1.165, 1.54) is 38.5 Å². The zero-order valence-electron chi connectivity index (χ0n) is 13.9. The molecular weight excluding hydrogens is 363 g/mol. The fourth-order valence-corrected chi connectivity index (χ4v) is 2.55. The average molecular weight is 377 g/mol. The van der Waals surface area contributed by atoms with Crippen LogP contribution in [0.1, 0.15) is 10.6 Å². The zero-order chi connectivity index (χ0) is 18.7. The number of halogens is 2. The number of ether oxygens (including phenoxy) is 2. The van der Waals surface area contributed by atoms with Gasteiger partial charge in [-0.25, -0.2) is 4.39 Å². The SMILES string of the molecule is COc1cc(OC)c(NC(=O)c2cc(-c3cccc(F)c3)no2)cc1Cl. The minimum atomic E-state index is -0.556. The summed E-state index contributed by atoms with van der Waals surface area (Å²) in [7, 11) is 2.93. The summed E-state index contributed by atoms with van der Waals surface area (Å²) in [5, 5.41) is 6.74. The van der Waals surface area contributed by atoms with Gasteiger partial charge in [-0.1, -0.05) is 28.9 Å². The standard InChI is InChI=1S/C18H14ClFN2O4/c1-24-15-9-16(25-2)14(7-12(15)19)21-18(23)17-8-13(22-26-17)10-4-3-5-11(20)6-10/h3-9H,1-2H3,(H,21,23). The first kappa shape index (κ1) is 17.8. The summed E-state index contributed by atoms with van der Waals surface area (Å²) < 4.78 is 28.7. The number of hydrogen-bond acceptors (Lipinski definition) is 5. The van der Waals surface area contributed by atoms with Gasteiger partial charge in [-0.05, 0) is 18.2 Å². The quantitative estimate of drug-likeness (QED) is 0.714. The van der Waals surface area contributed by atoms with E-state index in [4.69, 9.17) is 25.6 Å². The topological polar surface area (TPSA) is 73.6 Å². The molecule has 2 aromatic carbocycles. The van der Waals surface area contributed by atoms with Gasteiger partial charge in [0.1, 0.15) is 23.0 Å². The van der Waals surface area contributed by atoms with Gasteiger partial charge in [0.05, 0.1) is 24.9 Å². The van der Waals surface area contributed by atoms with Gasteiger partial charge in [-0.2, -0.15) is 0 Å². The number of aromatic nitrogens is 1. The van der Waals surface area contributed by atoms with Crippen LogP contribution < -0.4 is 14.8 Å². The molecule has 1 aromatic heterocycles. The molecule has 0 fully saturated rings. The van der Waals surface area contributed by atoms with Crippen molar-refractivity contribution in [3.05, 3.63) is 59.1 Å². The maximum Gasteiger partial charge on any atom is 0.294 e. The van der Waals surface area contributed by atoms with Gasteiger partial charge < -0.3 is 19.3 Å². The summed E-state index contributed by atoms with van der Waals surface area (Å²) in [4.78, 5) is 12.4. The molecule has 0 aliphatic heterocycles. The second-order valence-electron chi connectivity index (χ2n) is 5.23. The summed E-state index contributed by atoms with van der Waals surface area (Å²) in [5.74, 6) is -0.230. The van der Waals surface area contributed by atoms with Crippen LogP contribution in [0.25, 0.3) is 11.3 Å². The Morgan fingerprint density at radius 1 is 1.15 bits per heavy atom. The smallest absolute Gasteiger partial charge is 0.294 e. The van der Waals surface area contributed by atoms with E-state index in [1.54, 1.807) is 18.2 Å². The molecule has 6 nitrogen and oxygen atoms in total. The van der Waals surface area contributed by atoms with Crippen molar-refractivity contribution in [2.45, 2.75) is 0 Å². The van der Waals surface area contributed by atoms with E-state index in [1.807, 2.05) is 0 Å². The largest absolute Gasteiger partial charge is 0.495 e. The number of carbonyl (C=O) groups excluding carboxylic acids is 1. The van der Waals surface area contributed by atoms with Gasteiger partial charge in [0, 0.05) is 17.7 Å². The van der Waals surface area contributed by atoms with Crippen molar-refractivity contribution >= 4 is 23.2 Å². The Kier molecular flexibility index (Phi) is 5.09. The molecule has 0 unspecified atom stereocenters. The number of rotatable bonds is 5. The summed E-state index contributed by atoms with van der Waals surface area (Å²) in [6.07, 6.45) is 0. The van der Waals surface area contributed by atoms with E-state index in [0.29, 0.717) is 33.5 Å². The molecule has 0 radical (unpaired) electrons. The van der Waals surface area contributed by atoms with E-state index in [2.05, 4.69) is 10.5 Å². The second-order valence-corrected chi connectivity index (χ2v) is 5.64. The Labute approximate surface area is 153 Å². The molecule has 1 heterocycles. The van der Waals surface area contributed by atoms with Gasteiger partial charge in [0.2, 0.25) is 5.76 Å². The third kappa shape index (κ3) is 3.62. The zero-order valence-corrected chi connectivity index (χ0v) is 14.6. The Balaban J connectivity index is 1.84. The summed E-state index contributed by atoms with van der Waals surface area (Å²) in [6.45, 7) is 0. The predicted molar refractivity (Wildman–Crippen MR) is 94.4 cm³/mol. The van der Waals surface area contributed by atoms with Crippen molar-refractivity contribution in [2.75, 3.05) is 19.5 Å². The molecule has 0 spiro atoms. The highest BCUT2D eigenvalue weighted by Gasteiger charge is 2.18. The van der Waals surface area contributed by atoms with Crippen LogP contribution in [0.4, 0.5) is 10.1 Å². The van der Waals surface area contributed by atoms with Crippen molar-refractivity contribution in [1.29, 1.82) is 0 Å². The van der Waals surface area contributed by atoms with Crippen LogP contribution in [-0.2, 0) is 0 Å². The molecular formula is C18H14ClFN2O4. The lowest BCUT2D eigenvalue weighted by atomic mass is 10.1. The molecule has 0 aliphatic carbocycles. The predicted octanol–water partition coefficient (Wildman–Crippen LogP) is 4.40. The Bertz CT molecular complexity index is 958. The Morgan fingerprint density at radius 2 is 1.92 bits per heavy atom. The lowest BCUT2D eigenvalue weighted by Gasteiger charge is -2.12. The van der Waals surface area contributed by atoms with Gasteiger partial charge in [-0.15, -0.1) is 0 Å². The fourth-order valence-electron chi connectivity index (χ4n) is 2.31. The molecule has 8 heteroatoms. The number of nitrogens with one attached hydrogen (secondary N) is 1. The number of carbonyl (C=O) groups is 1. The van der Waals surface area contributed by atoms with Crippen molar-refractivity contribution in [1.82, 2.24) is 5.16 Å². The lowest BCUT2D eigenvalue weighted by molar-refractivity contribution is 0.0987. The van der Waals surface area contributed by atoms with E-state index in [9.17, 15) is 9.18 Å². The molecule has 0 saturated carbocycles. The fraction of sp³-hybridized carbons (Fsp3) is 0.111. The van der Waals surface area contributed by atoms with Crippen LogP contribution in [0.2, 0.25) is 5.02 Å². The van der Waals surface area contributed by atoms with E-state index in [0.717, 1.165) is 0 Å². The first-order valence-electron chi connectivity index (χ1n) is 7.47. The van der Waals surface area contributed by atoms with Crippen molar-refractivity contribution in [3.8, 4) is 22.8 Å². The Hall–Kier alpha value is -3.06. The minimum absolute atomic E-state index is 0.0433. The van der Waals surface area contributed by atoms with Crippen LogP contribution in [-0.4, -0.2) is 25.3 Å². The number of hydrogen-bond donors (Lipinski definition) is 1. The molecule has 0 aliphatic rings. The van der Waals surface area contributed by atoms with E-state index >= 15 is 0 Å². The minimum Gasteiger partial charge on any atom is -0.495 e. The summed E-state index contributed by atoms with van der Waals surface area (Å²) in [6, 6.07) is 10.3. The molecule has 0 bridgehead atoms. The van der Waals surface area contributed by atoms with Gasteiger partial charge >= 0.3 is 0 Å². The van der Waals surface area contributed by atoms with Crippen molar-refractivity contribution in [3.63, 3.8) is 0 Å². The molecule has 3 aromatic rings. The summed E-state index contributed by atoms with van der Waals surface area (Å²) in [5.41, 5.74) is 1.18. The molecule has 0 atom stereocenters. The van der Waals surface area contributed by atoms with Crippen LogP contribution in [0.15, 0.2) is 47.0 Å². The van der Waals surface area contributed by atoms with Crippen molar-refractivity contribution < 1.29 is 23.2 Å². The number of anilines is 1. The van der Waals surface area contributed by atoms with Gasteiger partial charge in [0.15, 0.2) is 0 Å². The van der Waals surface area contributed by atoms with Gasteiger partial charge in [0.25, 0.3) is 5.91 Å².